The van der Waals surface area contributed by atoms with Crippen molar-refractivity contribution in [2.45, 2.75) is 26.9 Å². The van der Waals surface area contributed by atoms with E-state index in [-0.39, 0.29) is 17.0 Å². The van der Waals surface area contributed by atoms with Gasteiger partial charge < -0.3 is 9.67 Å². The zero-order chi connectivity index (χ0) is 16.1. The highest BCUT2D eigenvalue weighted by Crippen LogP contribution is 2.12. The van der Waals surface area contributed by atoms with Gasteiger partial charge in [-0.3, -0.25) is 9.69 Å². The molecule has 0 aliphatic heterocycles. The zero-order valence-electron chi connectivity index (χ0n) is 12.9. The molecule has 22 heavy (non-hydrogen) atoms. The summed E-state index contributed by atoms with van der Waals surface area (Å²) in [5.74, 6) is -0.555. The average molecular weight is 304 g/mol. The number of hydrogen-bond acceptors (Lipinski definition) is 3. The van der Waals surface area contributed by atoms with E-state index in [9.17, 15) is 14.3 Å². The molecule has 0 aliphatic carbocycles. The Hall–Kier alpha value is -2.14. The fourth-order valence-electron chi connectivity index (χ4n) is 2.35. The van der Waals surface area contributed by atoms with Crippen LogP contribution in [-0.4, -0.2) is 27.7 Å². The van der Waals surface area contributed by atoms with Crippen molar-refractivity contribution < 1.29 is 9.50 Å². The number of pyridine rings is 1. The normalized spacial score (nSPS) is 11.1. The van der Waals surface area contributed by atoms with Crippen molar-refractivity contribution in [1.29, 1.82) is 0 Å². The summed E-state index contributed by atoms with van der Waals surface area (Å²) >= 11 is 0. The molecule has 4 nitrogen and oxygen atoms in total. The lowest BCUT2D eigenvalue weighted by molar-refractivity contribution is 0.286. The summed E-state index contributed by atoms with van der Waals surface area (Å²) in [6.45, 7) is 6.98. The van der Waals surface area contributed by atoms with Crippen LogP contribution >= 0.6 is 0 Å². The van der Waals surface area contributed by atoms with Gasteiger partial charge >= 0.3 is 0 Å². The molecular formula is C17H21FN2O2. The Labute approximate surface area is 129 Å². The summed E-state index contributed by atoms with van der Waals surface area (Å²) in [5.41, 5.74) is 1.36. The minimum Gasteiger partial charge on any atom is -0.503 e. The van der Waals surface area contributed by atoms with Crippen molar-refractivity contribution in [2.75, 3.05) is 13.1 Å². The molecule has 0 unspecified atom stereocenters. The van der Waals surface area contributed by atoms with Gasteiger partial charge in [-0.1, -0.05) is 26.0 Å². The van der Waals surface area contributed by atoms with Crippen LogP contribution in [-0.2, 0) is 13.1 Å². The Morgan fingerprint density at radius 2 is 1.82 bits per heavy atom. The van der Waals surface area contributed by atoms with Gasteiger partial charge in [-0.25, -0.2) is 4.39 Å². The number of aromatic nitrogens is 1. The molecule has 1 heterocycles. The second-order valence-electron chi connectivity index (χ2n) is 5.23. The molecule has 1 aromatic heterocycles. The molecule has 118 valence electrons. The van der Waals surface area contributed by atoms with Gasteiger partial charge in [0.2, 0.25) is 5.43 Å². The molecule has 0 aliphatic rings. The minimum atomic E-state index is -0.377. The minimum absolute atomic E-state index is 0.273. The molecule has 1 aromatic carbocycles. The first-order valence-corrected chi connectivity index (χ1v) is 7.42. The Balaban J connectivity index is 2.33. The van der Waals surface area contributed by atoms with Gasteiger partial charge in [0.15, 0.2) is 5.75 Å². The number of aromatic hydroxyl groups is 1. The van der Waals surface area contributed by atoms with Crippen LogP contribution in [0.15, 0.2) is 41.3 Å². The number of nitrogens with zero attached hydrogens (tertiary/aromatic N) is 2. The maximum absolute atomic E-state index is 13.0. The molecule has 5 heteroatoms. The van der Waals surface area contributed by atoms with Gasteiger partial charge in [0.25, 0.3) is 0 Å². The van der Waals surface area contributed by atoms with Gasteiger partial charge in [-0.2, -0.15) is 0 Å². The van der Waals surface area contributed by atoms with Gasteiger partial charge in [-0.05, 0) is 30.8 Å². The lowest BCUT2D eigenvalue weighted by Crippen LogP contribution is -2.26. The van der Waals surface area contributed by atoms with Gasteiger partial charge in [-0.15, -0.1) is 0 Å². The van der Waals surface area contributed by atoms with Crippen LogP contribution < -0.4 is 5.43 Å². The maximum Gasteiger partial charge on any atom is 0.223 e. The second-order valence-corrected chi connectivity index (χ2v) is 5.23. The van der Waals surface area contributed by atoms with E-state index in [1.807, 2.05) is 4.57 Å². The van der Waals surface area contributed by atoms with Crippen molar-refractivity contribution in [1.82, 2.24) is 9.47 Å². The van der Waals surface area contributed by atoms with Gasteiger partial charge in [0.1, 0.15) is 5.82 Å². The van der Waals surface area contributed by atoms with Crippen LogP contribution in [0, 0.1) is 5.82 Å². The smallest absolute Gasteiger partial charge is 0.223 e. The largest absolute Gasteiger partial charge is 0.503 e. The molecule has 0 saturated carbocycles. The Bertz CT molecular complexity index is 676. The highest BCUT2D eigenvalue weighted by molar-refractivity contribution is 5.23. The van der Waals surface area contributed by atoms with E-state index in [1.54, 1.807) is 12.1 Å². The first-order valence-electron chi connectivity index (χ1n) is 7.42. The number of benzene rings is 1. The van der Waals surface area contributed by atoms with E-state index in [0.29, 0.717) is 13.1 Å². The van der Waals surface area contributed by atoms with Crippen LogP contribution in [0.2, 0.25) is 0 Å². The summed E-state index contributed by atoms with van der Waals surface area (Å²) in [6, 6.07) is 7.68. The van der Waals surface area contributed by atoms with Crippen molar-refractivity contribution in [3.8, 4) is 5.75 Å². The predicted octanol–water partition coefficient (Wildman–Crippen LogP) is 2.58. The van der Waals surface area contributed by atoms with E-state index in [4.69, 9.17) is 0 Å². The monoisotopic (exact) mass is 304 g/mol. The first-order chi connectivity index (χ1) is 10.5. The standard InChI is InChI=1S/C17H21FN2O2/c1-3-19(4-2)11-15-9-16(21)17(22)12-20(15)10-13-5-7-14(18)8-6-13/h5-9,12,22H,3-4,10-11H2,1-2H3. The molecule has 0 amide bonds. The van der Waals surface area contributed by atoms with Crippen LogP contribution in [0.3, 0.4) is 0 Å². The number of halogens is 1. The van der Waals surface area contributed by atoms with E-state index in [0.717, 1.165) is 24.3 Å². The highest BCUT2D eigenvalue weighted by atomic mass is 19.1. The molecule has 2 aromatic rings. The van der Waals surface area contributed by atoms with Crippen LogP contribution in [0.5, 0.6) is 5.75 Å². The average Bonchev–Trinajstić information content (AvgIpc) is 2.51. The van der Waals surface area contributed by atoms with Crippen molar-refractivity contribution in [2.24, 2.45) is 0 Å². The summed E-state index contributed by atoms with van der Waals surface area (Å²) in [6.07, 6.45) is 1.45. The predicted molar refractivity (Wildman–Crippen MR) is 84.5 cm³/mol. The van der Waals surface area contributed by atoms with Crippen LogP contribution in [0.4, 0.5) is 4.39 Å². The van der Waals surface area contributed by atoms with E-state index >= 15 is 0 Å². The first kappa shape index (κ1) is 16.2. The topological polar surface area (TPSA) is 45.5 Å². The molecule has 1 N–H and O–H groups in total. The van der Waals surface area contributed by atoms with E-state index < -0.39 is 0 Å². The lowest BCUT2D eigenvalue weighted by Gasteiger charge is -2.21. The highest BCUT2D eigenvalue weighted by Gasteiger charge is 2.09. The lowest BCUT2D eigenvalue weighted by atomic mass is 10.2. The SMILES string of the molecule is CCN(CC)Cc1cc(=O)c(O)cn1Cc1ccc(F)cc1. The van der Waals surface area contributed by atoms with Crippen molar-refractivity contribution >= 4 is 0 Å². The molecule has 0 atom stereocenters. The molecule has 0 saturated heterocycles. The quantitative estimate of drug-likeness (QED) is 0.892. The van der Waals surface area contributed by atoms with Crippen molar-refractivity contribution in [3.63, 3.8) is 0 Å². The fraction of sp³-hybridized carbons (Fsp3) is 0.353. The molecule has 0 fully saturated rings. The number of hydrogen-bond donors (Lipinski definition) is 1. The van der Waals surface area contributed by atoms with Gasteiger partial charge in [0, 0.05) is 24.8 Å². The van der Waals surface area contributed by atoms with Crippen molar-refractivity contribution in [3.05, 3.63) is 63.8 Å². The third-order valence-electron chi connectivity index (χ3n) is 3.74. The Morgan fingerprint density at radius 1 is 1.18 bits per heavy atom. The van der Waals surface area contributed by atoms with E-state index in [2.05, 4.69) is 18.7 Å². The third-order valence-corrected chi connectivity index (χ3v) is 3.74. The Kier molecular flexibility index (Phi) is 5.33. The summed E-state index contributed by atoms with van der Waals surface area (Å²) in [4.78, 5) is 13.9. The molecule has 0 radical (unpaired) electrons. The van der Waals surface area contributed by atoms with Crippen LogP contribution in [0.25, 0.3) is 0 Å². The van der Waals surface area contributed by atoms with Crippen LogP contribution in [0.1, 0.15) is 25.1 Å². The third kappa shape index (κ3) is 3.95. The summed E-state index contributed by atoms with van der Waals surface area (Å²) in [5, 5.41) is 9.69. The number of rotatable bonds is 6. The molecule has 2 rings (SSSR count). The molecule has 0 spiro atoms. The summed E-state index contributed by atoms with van der Waals surface area (Å²) in [7, 11) is 0. The summed E-state index contributed by atoms with van der Waals surface area (Å²) < 4.78 is 14.8. The maximum atomic E-state index is 13.0. The van der Waals surface area contributed by atoms with E-state index in [1.165, 1.54) is 24.4 Å². The molecule has 0 bridgehead atoms. The Morgan fingerprint density at radius 3 is 2.41 bits per heavy atom. The zero-order valence-corrected chi connectivity index (χ0v) is 12.9. The fourth-order valence-corrected chi connectivity index (χ4v) is 2.35. The van der Waals surface area contributed by atoms with Gasteiger partial charge in [0.05, 0.1) is 6.20 Å². The molecular weight excluding hydrogens is 283 g/mol. The second kappa shape index (κ2) is 7.22.